The summed E-state index contributed by atoms with van der Waals surface area (Å²) in [6.07, 6.45) is 3.63. The molecule has 0 aromatic rings. The van der Waals surface area contributed by atoms with Crippen LogP contribution < -0.4 is 0 Å². The molecule has 0 spiro atoms. The molecule has 4 unspecified atom stereocenters. The van der Waals surface area contributed by atoms with Gasteiger partial charge in [0.2, 0.25) is 0 Å². The summed E-state index contributed by atoms with van der Waals surface area (Å²) in [4.78, 5) is 17.6. The Balaban J connectivity index is 1.19. The predicted molar refractivity (Wildman–Crippen MR) is 142 cm³/mol. The van der Waals surface area contributed by atoms with Crippen LogP contribution in [0.3, 0.4) is 0 Å². The number of fused-ring (bicyclic) bond motifs is 5. The van der Waals surface area contributed by atoms with Gasteiger partial charge in [-0.05, 0) is 92.4 Å². The molecule has 0 amide bonds. The van der Waals surface area contributed by atoms with Crippen molar-refractivity contribution in [3.8, 4) is 0 Å². The van der Waals surface area contributed by atoms with Gasteiger partial charge in [-0.2, -0.15) is 5.06 Å². The number of cyclic esters (lactones) is 1. The molecule has 0 radical (unpaired) electrons. The van der Waals surface area contributed by atoms with Crippen LogP contribution in [0.15, 0.2) is 11.6 Å². The van der Waals surface area contributed by atoms with E-state index in [0.29, 0.717) is 18.4 Å². The molecular formula is C30H47NO9. The number of hydrogen-bond donors (Lipinski definition) is 5. The van der Waals surface area contributed by atoms with Gasteiger partial charge >= 0.3 is 5.97 Å². The minimum atomic E-state index is -1.45. The van der Waals surface area contributed by atoms with Crippen LogP contribution in [-0.2, 0) is 19.1 Å². The molecule has 10 nitrogen and oxygen atoms in total. The largest absolute Gasteiger partial charge is 0.458 e. The molecule has 6 aliphatic rings. The van der Waals surface area contributed by atoms with Gasteiger partial charge in [-0.15, -0.1) is 0 Å². The van der Waals surface area contributed by atoms with Crippen LogP contribution in [0, 0.1) is 34.5 Å². The molecule has 13 atom stereocenters. The Hall–Kier alpha value is -1.11. The van der Waals surface area contributed by atoms with Crippen molar-refractivity contribution in [2.45, 2.75) is 114 Å². The van der Waals surface area contributed by atoms with Crippen molar-refractivity contribution < 1.29 is 44.6 Å². The molecule has 6 rings (SSSR count). The molecule has 40 heavy (non-hydrogen) atoms. The Morgan fingerprint density at radius 1 is 1.00 bits per heavy atom. The van der Waals surface area contributed by atoms with Crippen LogP contribution in [0.2, 0.25) is 0 Å². The predicted octanol–water partition coefficient (Wildman–Crippen LogP) is 1.28. The van der Waals surface area contributed by atoms with Crippen molar-refractivity contribution in [3.05, 3.63) is 11.6 Å². The number of ether oxygens (including phenoxy) is 2. The van der Waals surface area contributed by atoms with Crippen LogP contribution in [0.25, 0.3) is 0 Å². The molecular weight excluding hydrogens is 518 g/mol. The summed E-state index contributed by atoms with van der Waals surface area (Å²) in [5.41, 5.74) is 0.0988. The van der Waals surface area contributed by atoms with Crippen LogP contribution >= 0.6 is 0 Å². The first-order chi connectivity index (χ1) is 19.0. The topological polar surface area (TPSA) is 149 Å². The minimum Gasteiger partial charge on any atom is -0.458 e. The summed E-state index contributed by atoms with van der Waals surface area (Å²) < 4.78 is 11.1. The molecule has 1 saturated heterocycles. The van der Waals surface area contributed by atoms with E-state index in [9.17, 15) is 30.3 Å². The number of carbonyl (C=O) groups excluding carboxylic acids is 1. The molecule has 5 N–H and O–H groups in total. The highest BCUT2D eigenvalue weighted by molar-refractivity contribution is 5.85. The molecule has 10 heteroatoms. The minimum absolute atomic E-state index is 0.0549. The van der Waals surface area contributed by atoms with Crippen LogP contribution in [0.4, 0.5) is 0 Å². The number of esters is 1. The zero-order valence-corrected chi connectivity index (χ0v) is 23.9. The Morgan fingerprint density at radius 3 is 2.45 bits per heavy atom. The Labute approximate surface area is 236 Å². The lowest BCUT2D eigenvalue weighted by molar-refractivity contribution is -0.344. The Morgan fingerprint density at radius 2 is 1.77 bits per heavy atom. The van der Waals surface area contributed by atoms with Crippen LogP contribution in [0.1, 0.15) is 71.6 Å². The molecule has 226 valence electrons. The average molecular weight is 566 g/mol. The van der Waals surface area contributed by atoms with E-state index in [1.54, 1.807) is 11.1 Å². The quantitative estimate of drug-likeness (QED) is 0.244. The van der Waals surface area contributed by atoms with Crippen molar-refractivity contribution in [2.75, 3.05) is 20.3 Å². The van der Waals surface area contributed by atoms with Crippen molar-refractivity contribution >= 4 is 5.97 Å². The van der Waals surface area contributed by atoms with E-state index < -0.39 is 42.9 Å². The van der Waals surface area contributed by atoms with Crippen molar-refractivity contribution in [1.82, 2.24) is 5.06 Å². The lowest BCUT2D eigenvalue weighted by Crippen LogP contribution is -2.66. The van der Waals surface area contributed by atoms with Crippen LogP contribution in [0.5, 0.6) is 0 Å². The third-order valence-electron chi connectivity index (χ3n) is 12.6. The summed E-state index contributed by atoms with van der Waals surface area (Å²) in [5.74, 6) is 0.949. The summed E-state index contributed by atoms with van der Waals surface area (Å²) in [5, 5.41) is 55.1. The number of rotatable bonds is 5. The molecule has 0 aromatic carbocycles. The summed E-state index contributed by atoms with van der Waals surface area (Å²) in [6.45, 7) is 4.53. The maximum absolute atomic E-state index is 12.4. The third kappa shape index (κ3) is 4.08. The zero-order chi connectivity index (χ0) is 28.6. The highest BCUT2D eigenvalue weighted by atomic mass is 16.7. The SMILES string of the molecule is CON(C1O[C@@H](CO)[C@H](O)[C@@H](O)[C@@H]1O)[C@H]1CC[C@@]2(C)C(CCC3C2CC[C@]2(C)[C@@H](C4=CC(=O)OC4)CC[C@]32O)C1. The van der Waals surface area contributed by atoms with Gasteiger partial charge in [0.25, 0.3) is 0 Å². The molecule has 4 saturated carbocycles. The monoisotopic (exact) mass is 565 g/mol. The summed E-state index contributed by atoms with van der Waals surface area (Å²) in [7, 11) is 1.53. The van der Waals surface area contributed by atoms with E-state index >= 15 is 0 Å². The normalized spacial score (nSPS) is 52.5. The summed E-state index contributed by atoms with van der Waals surface area (Å²) >= 11 is 0. The van der Waals surface area contributed by atoms with E-state index in [-0.39, 0.29) is 34.7 Å². The molecule has 4 aliphatic carbocycles. The lowest BCUT2D eigenvalue weighted by atomic mass is 9.43. The maximum Gasteiger partial charge on any atom is 0.331 e. The third-order valence-corrected chi connectivity index (χ3v) is 12.6. The van der Waals surface area contributed by atoms with Gasteiger partial charge in [-0.1, -0.05) is 13.8 Å². The fraction of sp³-hybridized carbons (Fsp3) is 0.900. The molecule has 5 fully saturated rings. The van der Waals surface area contributed by atoms with Gasteiger partial charge < -0.3 is 35.0 Å². The number of nitrogens with zero attached hydrogens (tertiary/aromatic N) is 1. The Bertz CT molecular complexity index is 1020. The number of hydroxylamine groups is 2. The smallest absolute Gasteiger partial charge is 0.331 e. The number of hydrogen-bond acceptors (Lipinski definition) is 10. The van der Waals surface area contributed by atoms with Crippen molar-refractivity contribution in [1.29, 1.82) is 0 Å². The molecule has 2 aliphatic heterocycles. The molecule has 0 bridgehead atoms. The zero-order valence-electron chi connectivity index (χ0n) is 23.9. The Kier molecular flexibility index (Phi) is 7.43. The molecule has 2 heterocycles. The van der Waals surface area contributed by atoms with E-state index in [1.165, 1.54) is 7.11 Å². The van der Waals surface area contributed by atoms with E-state index in [2.05, 4.69) is 13.8 Å². The first kappa shape index (κ1) is 29.0. The number of carbonyl (C=O) groups is 1. The highest BCUT2D eigenvalue weighted by Crippen LogP contribution is 2.70. The van der Waals surface area contributed by atoms with E-state index in [4.69, 9.17) is 14.3 Å². The van der Waals surface area contributed by atoms with Crippen LogP contribution in [-0.4, -0.2) is 99.2 Å². The van der Waals surface area contributed by atoms with Gasteiger partial charge in [0.1, 0.15) is 31.0 Å². The summed E-state index contributed by atoms with van der Waals surface area (Å²) in [6, 6.07) is -0.0549. The number of aliphatic hydroxyl groups is 5. The van der Waals surface area contributed by atoms with Crippen molar-refractivity contribution in [2.24, 2.45) is 34.5 Å². The van der Waals surface area contributed by atoms with Gasteiger partial charge in [0, 0.05) is 17.5 Å². The first-order valence-corrected chi connectivity index (χ1v) is 15.2. The average Bonchev–Trinajstić information content (AvgIpc) is 3.48. The standard InChI is InChI=1S/C30H47NO9/c1-28-9-6-18(31(38-3)27-26(36)25(35)24(34)22(14-32)40-27)13-17(28)4-5-21-20(28)7-10-29(2)19(8-11-30(21,29)37)16-12-23(33)39-15-16/h12,17-22,24-27,32,34-37H,4-11,13-15H2,1-3H3/t17?,18-,19+,20?,21?,22-,24-,25+,26-,27?,28-,29+,30-/m0/s1. The lowest BCUT2D eigenvalue weighted by Gasteiger charge is -2.64. The highest BCUT2D eigenvalue weighted by Gasteiger charge is 2.68. The fourth-order valence-corrected chi connectivity index (χ4v) is 10.4. The maximum atomic E-state index is 12.4. The molecule has 0 aromatic heterocycles. The van der Waals surface area contributed by atoms with E-state index in [0.717, 1.165) is 63.4 Å². The second-order valence-electron chi connectivity index (χ2n) is 14.0. The van der Waals surface area contributed by atoms with Gasteiger partial charge in [-0.3, -0.25) is 4.84 Å². The first-order valence-electron chi connectivity index (χ1n) is 15.2. The van der Waals surface area contributed by atoms with Gasteiger partial charge in [0.15, 0.2) is 6.23 Å². The fourth-order valence-electron chi connectivity index (χ4n) is 10.4. The number of aliphatic hydroxyl groups excluding tert-OH is 4. The second kappa shape index (κ2) is 10.3. The second-order valence-corrected chi connectivity index (χ2v) is 14.0. The van der Waals surface area contributed by atoms with Crippen molar-refractivity contribution in [3.63, 3.8) is 0 Å². The van der Waals surface area contributed by atoms with Gasteiger partial charge in [-0.25, -0.2) is 4.79 Å². The van der Waals surface area contributed by atoms with Gasteiger partial charge in [0.05, 0.1) is 19.3 Å². The van der Waals surface area contributed by atoms with E-state index in [1.807, 2.05) is 0 Å².